The number of carboxylic acids is 1. The van der Waals surface area contributed by atoms with Crippen molar-refractivity contribution in [1.29, 1.82) is 0 Å². The van der Waals surface area contributed by atoms with Crippen molar-refractivity contribution in [1.82, 2.24) is 20.3 Å². The lowest BCUT2D eigenvalue weighted by atomic mass is 10.1. The molecule has 3 heterocycles. The number of hydrogen-bond acceptors (Lipinski definition) is 11. The van der Waals surface area contributed by atoms with Gasteiger partial charge in [-0.05, 0) is 64.9 Å². The molecule has 4 N–H and O–H groups in total. The van der Waals surface area contributed by atoms with Gasteiger partial charge >= 0.3 is 5.97 Å². The SMILES string of the molecule is O=C(O)c1cc(-c2ccc(/C=N/Nc3nc4nonc4nc3Nc3ccc(Br)cc3)o2)ccc1O. The van der Waals surface area contributed by atoms with E-state index in [-0.39, 0.29) is 28.4 Å². The standard InChI is InChI=1S/C22H14BrN7O5/c23-12-2-4-13(5-3-12)25-18-19(27-21-20(26-18)29-35-30-21)28-24-10-14-6-8-17(34-14)11-1-7-16(31)15(9-11)22(32)33/h1-10,31H,(H,32,33)(H,25,26,29)(H,27,28,30)/b24-10+. The molecule has 3 aromatic heterocycles. The fraction of sp³-hybridized carbons (Fsp3) is 0. The highest BCUT2D eigenvalue weighted by Gasteiger charge is 2.14. The zero-order valence-electron chi connectivity index (χ0n) is 17.5. The van der Waals surface area contributed by atoms with Gasteiger partial charge in [-0.25, -0.2) is 14.4 Å². The number of hydrazone groups is 1. The third-order valence-electron chi connectivity index (χ3n) is 4.72. The summed E-state index contributed by atoms with van der Waals surface area (Å²) in [5.74, 6) is -0.165. The number of fused-ring (bicyclic) bond motifs is 1. The highest BCUT2D eigenvalue weighted by Crippen LogP contribution is 2.28. The van der Waals surface area contributed by atoms with Gasteiger partial charge in [0.1, 0.15) is 22.8 Å². The molecule has 0 spiro atoms. The summed E-state index contributed by atoms with van der Waals surface area (Å²) in [6.45, 7) is 0. The predicted octanol–water partition coefficient (Wildman–Crippen LogP) is 4.63. The van der Waals surface area contributed by atoms with E-state index in [2.05, 4.69) is 52.1 Å². The molecule has 0 amide bonds. The number of carbonyl (C=O) groups is 1. The van der Waals surface area contributed by atoms with Crippen molar-refractivity contribution in [2.45, 2.75) is 0 Å². The maximum atomic E-state index is 11.3. The summed E-state index contributed by atoms with van der Waals surface area (Å²) in [5, 5.41) is 33.6. The maximum Gasteiger partial charge on any atom is 0.339 e. The average molecular weight is 536 g/mol. The van der Waals surface area contributed by atoms with Crippen LogP contribution in [0, 0.1) is 0 Å². The minimum atomic E-state index is -1.24. The predicted molar refractivity (Wildman–Crippen MR) is 129 cm³/mol. The Morgan fingerprint density at radius 3 is 2.49 bits per heavy atom. The number of aromatic hydroxyl groups is 1. The maximum absolute atomic E-state index is 11.3. The molecule has 12 nitrogen and oxygen atoms in total. The van der Waals surface area contributed by atoms with Gasteiger partial charge in [-0.1, -0.05) is 15.9 Å². The zero-order chi connectivity index (χ0) is 24.4. The number of benzene rings is 2. The monoisotopic (exact) mass is 535 g/mol. The van der Waals surface area contributed by atoms with Gasteiger partial charge in [0.25, 0.3) is 0 Å². The Bertz CT molecular complexity index is 1560. The fourth-order valence-corrected chi connectivity index (χ4v) is 3.33. The number of nitrogens with zero attached hydrogens (tertiary/aromatic N) is 5. The molecule has 174 valence electrons. The Hall–Kier alpha value is -4.78. The number of hydrogen-bond donors (Lipinski definition) is 4. The van der Waals surface area contributed by atoms with Gasteiger partial charge in [0, 0.05) is 15.7 Å². The van der Waals surface area contributed by atoms with Crippen molar-refractivity contribution in [3.63, 3.8) is 0 Å². The van der Waals surface area contributed by atoms with Crippen molar-refractivity contribution in [2.75, 3.05) is 10.7 Å². The molecule has 0 aliphatic heterocycles. The van der Waals surface area contributed by atoms with Crippen LogP contribution in [-0.2, 0) is 0 Å². The van der Waals surface area contributed by atoms with Crippen molar-refractivity contribution in [2.24, 2.45) is 5.10 Å². The topological polar surface area (TPSA) is 172 Å². The first-order chi connectivity index (χ1) is 17.0. The molecule has 0 aliphatic rings. The summed E-state index contributed by atoms with van der Waals surface area (Å²) in [4.78, 5) is 20.0. The van der Waals surface area contributed by atoms with E-state index in [4.69, 9.17) is 9.05 Å². The lowest BCUT2D eigenvalue weighted by Gasteiger charge is -2.09. The van der Waals surface area contributed by atoms with E-state index >= 15 is 0 Å². The van der Waals surface area contributed by atoms with Gasteiger partial charge in [0.2, 0.25) is 11.3 Å². The lowest BCUT2D eigenvalue weighted by Crippen LogP contribution is -2.03. The molecule has 0 saturated heterocycles. The highest BCUT2D eigenvalue weighted by molar-refractivity contribution is 9.10. The summed E-state index contributed by atoms with van der Waals surface area (Å²) in [7, 11) is 0. The van der Waals surface area contributed by atoms with Crippen LogP contribution < -0.4 is 10.7 Å². The van der Waals surface area contributed by atoms with Gasteiger partial charge in [-0.3, -0.25) is 5.43 Å². The van der Waals surface area contributed by atoms with E-state index in [1.807, 2.05) is 24.3 Å². The Balaban J connectivity index is 1.37. The minimum absolute atomic E-state index is 0.200. The number of furan rings is 1. The van der Waals surface area contributed by atoms with Crippen LogP contribution in [-0.4, -0.2) is 42.7 Å². The Morgan fingerprint density at radius 2 is 1.74 bits per heavy atom. The highest BCUT2D eigenvalue weighted by atomic mass is 79.9. The van der Waals surface area contributed by atoms with Gasteiger partial charge < -0.3 is 19.9 Å². The molecule has 0 bridgehead atoms. The van der Waals surface area contributed by atoms with E-state index in [0.717, 1.165) is 10.2 Å². The Morgan fingerprint density at radius 1 is 1.00 bits per heavy atom. The molecule has 13 heteroatoms. The fourth-order valence-electron chi connectivity index (χ4n) is 3.07. The quantitative estimate of drug-likeness (QED) is 0.169. The molecule has 35 heavy (non-hydrogen) atoms. The molecule has 0 saturated carbocycles. The second-order valence-electron chi connectivity index (χ2n) is 7.07. The summed E-state index contributed by atoms with van der Waals surface area (Å²) in [5.41, 5.74) is 4.25. The van der Waals surface area contributed by atoms with Crippen molar-refractivity contribution >= 4 is 56.7 Å². The zero-order valence-corrected chi connectivity index (χ0v) is 19.1. The first kappa shape index (κ1) is 22.0. The first-order valence-corrected chi connectivity index (χ1v) is 10.7. The molecule has 2 aromatic carbocycles. The number of carboxylic acid groups (broad SMARTS) is 1. The molecular weight excluding hydrogens is 522 g/mol. The van der Waals surface area contributed by atoms with Crippen LogP contribution in [0.4, 0.5) is 17.3 Å². The van der Waals surface area contributed by atoms with Crippen LogP contribution in [0.5, 0.6) is 5.75 Å². The number of halogens is 1. The van der Waals surface area contributed by atoms with E-state index < -0.39 is 5.97 Å². The first-order valence-electron chi connectivity index (χ1n) is 9.95. The van der Waals surface area contributed by atoms with E-state index in [1.54, 1.807) is 18.2 Å². The number of anilines is 3. The van der Waals surface area contributed by atoms with Crippen LogP contribution in [0.2, 0.25) is 0 Å². The summed E-state index contributed by atoms with van der Waals surface area (Å²) < 4.78 is 11.3. The minimum Gasteiger partial charge on any atom is -0.507 e. The largest absolute Gasteiger partial charge is 0.507 e. The number of nitrogens with one attached hydrogen (secondary N) is 2. The summed E-state index contributed by atoms with van der Waals surface area (Å²) >= 11 is 3.39. The van der Waals surface area contributed by atoms with Crippen molar-refractivity contribution in [3.05, 3.63) is 70.4 Å². The van der Waals surface area contributed by atoms with Gasteiger partial charge in [-0.15, -0.1) is 0 Å². The Labute approximate surface area is 204 Å². The lowest BCUT2D eigenvalue weighted by molar-refractivity contribution is 0.0694. The van der Waals surface area contributed by atoms with E-state index in [9.17, 15) is 15.0 Å². The van der Waals surface area contributed by atoms with E-state index in [0.29, 0.717) is 22.9 Å². The second-order valence-corrected chi connectivity index (χ2v) is 7.99. The number of rotatable bonds is 7. The van der Waals surface area contributed by atoms with Crippen LogP contribution in [0.15, 0.2) is 73.2 Å². The van der Waals surface area contributed by atoms with E-state index in [1.165, 1.54) is 18.3 Å². The van der Waals surface area contributed by atoms with Crippen LogP contribution in [0.25, 0.3) is 22.6 Å². The molecule has 0 radical (unpaired) electrons. The molecule has 0 unspecified atom stereocenters. The smallest absolute Gasteiger partial charge is 0.339 e. The van der Waals surface area contributed by atoms with Gasteiger partial charge in [0.05, 0.1) is 6.21 Å². The van der Waals surface area contributed by atoms with Crippen molar-refractivity contribution < 1.29 is 24.1 Å². The van der Waals surface area contributed by atoms with Gasteiger partial charge in [-0.2, -0.15) is 10.1 Å². The Kier molecular flexibility index (Phi) is 5.81. The van der Waals surface area contributed by atoms with Crippen LogP contribution in [0.3, 0.4) is 0 Å². The summed E-state index contributed by atoms with van der Waals surface area (Å²) in [6.07, 6.45) is 1.42. The molecule has 0 fully saturated rings. The molecular formula is C22H14BrN7O5. The van der Waals surface area contributed by atoms with Crippen molar-refractivity contribution in [3.8, 4) is 17.1 Å². The normalized spacial score (nSPS) is 11.2. The third-order valence-corrected chi connectivity index (χ3v) is 5.25. The second kappa shape index (κ2) is 9.23. The molecule has 5 aromatic rings. The third kappa shape index (κ3) is 4.79. The molecule has 0 aliphatic carbocycles. The van der Waals surface area contributed by atoms with Crippen LogP contribution in [0.1, 0.15) is 16.1 Å². The molecule has 5 rings (SSSR count). The van der Waals surface area contributed by atoms with Gasteiger partial charge in [0.15, 0.2) is 11.6 Å². The average Bonchev–Trinajstić information content (AvgIpc) is 3.50. The summed E-state index contributed by atoms with van der Waals surface area (Å²) in [6, 6.07) is 14.9. The number of phenols is 1. The number of aromatic carboxylic acids is 1. The number of aromatic nitrogens is 4. The van der Waals surface area contributed by atoms with Crippen LogP contribution >= 0.6 is 15.9 Å². The molecule has 0 atom stereocenters.